The molecule has 1 aromatic heterocycles. The topological polar surface area (TPSA) is 165 Å². The molecule has 11 nitrogen and oxygen atoms in total. The molecule has 2 aromatic carbocycles. The maximum atomic E-state index is 13.1. The van der Waals surface area contributed by atoms with Crippen LogP contribution < -0.4 is 21.3 Å². The molecule has 0 spiro atoms. The van der Waals surface area contributed by atoms with Crippen LogP contribution in [-0.2, 0) is 27.2 Å². The van der Waals surface area contributed by atoms with Gasteiger partial charge in [-0.1, -0.05) is 6.92 Å². The smallest absolute Gasteiger partial charge is 0.338 e. The van der Waals surface area contributed by atoms with E-state index in [0.29, 0.717) is 34.3 Å². The first kappa shape index (κ1) is 27.7. The molecule has 2 aliphatic rings. The lowest BCUT2D eigenvalue weighted by atomic mass is 9.88. The Morgan fingerprint density at radius 3 is 2.41 bits per heavy atom. The summed E-state index contributed by atoms with van der Waals surface area (Å²) in [5.41, 5.74) is 7.67. The molecule has 210 valence electrons. The summed E-state index contributed by atoms with van der Waals surface area (Å²) in [6.45, 7) is 2.85. The Bertz CT molecular complexity index is 1630. The number of primary amides is 1. The number of esters is 1. The standard InChI is InChI=1S/C29H26N4O7S/c1-14-3-9-20-22(11-14)41-26(24(20)25(30)36)32-23(35)13-40-29(39)16-4-10-19-21(12-16)28(38)33(27(19)37)18-7-5-17(6-8-18)31-15(2)34/h4-8,10,12,14H,3,9,11,13H2,1-2H3,(H2,30,36)(H,31,34)(H,32,35)/t14-/m1/s1. The third-order valence-electron chi connectivity index (χ3n) is 6.91. The van der Waals surface area contributed by atoms with E-state index in [-0.39, 0.29) is 22.6 Å². The molecule has 41 heavy (non-hydrogen) atoms. The quantitative estimate of drug-likeness (QED) is 0.287. The van der Waals surface area contributed by atoms with E-state index in [0.717, 1.165) is 28.2 Å². The predicted molar refractivity (Wildman–Crippen MR) is 151 cm³/mol. The van der Waals surface area contributed by atoms with Crippen LogP contribution in [0.3, 0.4) is 0 Å². The average molecular weight is 575 g/mol. The molecular weight excluding hydrogens is 548 g/mol. The summed E-state index contributed by atoms with van der Waals surface area (Å²) in [6, 6.07) is 10.1. The number of nitrogens with one attached hydrogen (secondary N) is 2. The van der Waals surface area contributed by atoms with Gasteiger partial charge in [0.2, 0.25) is 5.91 Å². The van der Waals surface area contributed by atoms with Crippen LogP contribution in [0.5, 0.6) is 0 Å². The largest absolute Gasteiger partial charge is 0.452 e. The second kappa shape index (κ2) is 11.0. The zero-order valence-corrected chi connectivity index (χ0v) is 23.1. The van der Waals surface area contributed by atoms with Gasteiger partial charge in [0.1, 0.15) is 5.00 Å². The lowest BCUT2D eigenvalue weighted by molar-refractivity contribution is -0.119. The highest BCUT2D eigenvalue weighted by Crippen LogP contribution is 2.39. The molecule has 1 atom stereocenters. The fourth-order valence-corrected chi connectivity index (χ4v) is 6.41. The summed E-state index contributed by atoms with van der Waals surface area (Å²) in [6.07, 6.45) is 2.42. The average Bonchev–Trinajstić information content (AvgIpc) is 3.40. The van der Waals surface area contributed by atoms with Gasteiger partial charge in [-0.2, -0.15) is 0 Å². The number of nitrogens with zero attached hydrogens (tertiary/aromatic N) is 1. The van der Waals surface area contributed by atoms with Crippen molar-refractivity contribution in [2.45, 2.75) is 33.1 Å². The van der Waals surface area contributed by atoms with Gasteiger partial charge in [-0.3, -0.25) is 24.0 Å². The molecule has 0 fully saturated rings. The SMILES string of the molecule is CC(=O)Nc1ccc(N2C(=O)c3ccc(C(=O)OCC(=O)Nc4sc5c(c4C(N)=O)CC[C@@H](C)C5)cc3C2=O)cc1. The van der Waals surface area contributed by atoms with Crippen molar-refractivity contribution in [3.63, 3.8) is 0 Å². The van der Waals surface area contributed by atoms with E-state index in [1.54, 1.807) is 12.1 Å². The summed E-state index contributed by atoms with van der Waals surface area (Å²) in [7, 11) is 0. The van der Waals surface area contributed by atoms with Gasteiger partial charge < -0.3 is 21.1 Å². The van der Waals surface area contributed by atoms with Gasteiger partial charge in [0.15, 0.2) is 6.61 Å². The van der Waals surface area contributed by atoms with Crippen molar-refractivity contribution in [1.29, 1.82) is 0 Å². The number of hydrogen-bond donors (Lipinski definition) is 3. The number of carbonyl (C=O) groups excluding carboxylic acids is 6. The number of benzene rings is 2. The fraction of sp³-hybridized carbons (Fsp3) is 0.241. The Labute approximate surface area is 238 Å². The number of imide groups is 1. The molecule has 0 unspecified atom stereocenters. The number of fused-ring (bicyclic) bond motifs is 2. The molecule has 5 amide bonds. The first-order chi connectivity index (χ1) is 19.5. The Balaban J connectivity index is 1.25. The number of thiophene rings is 1. The van der Waals surface area contributed by atoms with Gasteiger partial charge in [0.05, 0.1) is 27.9 Å². The van der Waals surface area contributed by atoms with E-state index >= 15 is 0 Å². The number of amides is 5. The number of anilines is 3. The molecule has 0 saturated heterocycles. The maximum Gasteiger partial charge on any atom is 0.338 e. The van der Waals surface area contributed by atoms with Crippen molar-refractivity contribution in [3.05, 3.63) is 75.2 Å². The third kappa shape index (κ3) is 5.46. The normalized spacial score (nSPS) is 15.7. The summed E-state index contributed by atoms with van der Waals surface area (Å²) >= 11 is 1.30. The number of nitrogens with two attached hydrogens (primary N) is 1. The number of hydrogen-bond acceptors (Lipinski definition) is 8. The molecule has 1 aliphatic carbocycles. The van der Waals surface area contributed by atoms with Gasteiger partial charge in [0, 0.05) is 17.5 Å². The van der Waals surface area contributed by atoms with E-state index in [4.69, 9.17) is 10.5 Å². The first-order valence-electron chi connectivity index (χ1n) is 12.8. The lowest BCUT2D eigenvalue weighted by Crippen LogP contribution is -2.29. The Hall–Kier alpha value is -4.84. The third-order valence-corrected chi connectivity index (χ3v) is 8.08. The van der Waals surface area contributed by atoms with E-state index < -0.39 is 36.2 Å². The van der Waals surface area contributed by atoms with Crippen LogP contribution in [0.2, 0.25) is 0 Å². The highest BCUT2D eigenvalue weighted by molar-refractivity contribution is 7.17. The van der Waals surface area contributed by atoms with E-state index in [1.807, 2.05) is 0 Å². The number of rotatable bonds is 7. The van der Waals surface area contributed by atoms with Crippen molar-refractivity contribution >= 4 is 63.2 Å². The van der Waals surface area contributed by atoms with Gasteiger partial charge >= 0.3 is 5.97 Å². The molecule has 0 saturated carbocycles. The second-order valence-electron chi connectivity index (χ2n) is 9.98. The highest BCUT2D eigenvalue weighted by atomic mass is 32.1. The maximum absolute atomic E-state index is 13.1. The molecule has 0 radical (unpaired) electrons. The summed E-state index contributed by atoms with van der Waals surface area (Å²) in [5.74, 6) is -3.12. The lowest BCUT2D eigenvalue weighted by Gasteiger charge is -2.18. The van der Waals surface area contributed by atoms with Crippen molar-refractivity contribution in [1.82, 2.24) is 0 Å². The van der Waals surface area contributed by atoms with Crippen molar-refractivity contribution in [2.24, 2.45) is 11.7 Å². The molecule has 3 aromatic rings. The van der Waals surface area contributed by atoms with Crippen molar-refractivity contribution < 1.29 is 33.5 Å². The van der Waals surface area contributed by atoms with Gasteiger partial charge in [-0.25, -0.2) is 9.69 Å². The molecule has 12 heteroatoms. The van der Waals surface area contributed by atoms with Gasteiger partial charge in [-0.15, -0.1) is 11.3 Å². The minimum atomic E-state index is -0.865. The van der Waals surface area contributed by atoms with Gasteiger partial charge in [0.25, 0.3) is 23.6 Å². The summed E-state index contributed by atoms with van der Waals surface area (Å²) < 4.78 is 5.15. The van der Waals surface area contributed by atoms with Crippen LogP contribution in [0.25, 0.3) is 0 Å². The Kier molecular flexibility index (Phi) is 7.41. The predicted octanol–water partition coefficient (Wildman–Crippen LogP) is 3.53. The minimum absolute atomic E-state index is 0.0149. The minimum Gasteiger partial charge on any atom is -0.452 e. The number of ether oxygens (including phenoxy) is 1. The summed E-state index contributed by atoms with van der Waals surface area (Å²) in [5, 5.41) is 5.58. The Morgan fingerprint density at radius 2 is 1.73 bits per heavy atom. The van der Waals surface area contributed by atoms with E-state index in [1.165, 1.54) is 48.6 Å². The highest BCUT2D eigenvalue weighted by Gasteiger charge is 2.37. The fourth-order valence-electron chi connectivity index (χ4n) is 4.98. The van der Waals surface area contributed by atoms with Crippen LogP contribution in [-0.4, -0.2) is 42.1 Å². The molecular formula is C29H26N4O7S. The zero-order chi connectivity index (χ0) is 29.4. The van der Waals surface area contributed by atoms with Crippen LogP contribution in [0, 0.1) is 5.92 Å². The molecule has 4 N–H and O–H groups in total. The van der Waals surface area contributed by atoms with E-state index in [9.17, 15) is 28.8 Å². The van der Waals surface area contributed by atoms with Gasteiger partial charge in [-0.05, 0) is 73.2 Å². The number of carbonyl (C=O) groups is 6. The monoisotopic (exact) mass is 574 g/mol. The van der Waals surface area contributed by atoms with Crippen LogP contribution in [0.15, 0.2) is 42.5 Å². The molecule has 0 bridgehead atoms. The van der Waals surface area contributed by atoms with Crippen LogP contribution >= 0.6 is 11.3 Å². The van der Waals surface area contributed by atoms with Crippen molar-refractivity contribution in [3.8, 4) is 0 Å². The Morgan fingerprint density at radius 1 is 1.02 bits per heavy atom. The second-order valence-corrected chi connectivity index (χ2v) is 11.1. The summed E-state index contributed by atoms with van der Waals surface area (Å²) in [4.78, 5) is 76.7. The van der Waals surface area contributed by atoms with E-state index in [2.05, 4.69) is 17.6 Å². The first-order valence-corrected chi connectivity index (χ1v) is 13.7. The van der Waals surface area contributed by atoms with Crippen LogP contribution in [0.1, 0.15) is 72.1 Å². The zero-order valence-electron chi connectivity index (χ0n) is 22.2. The molecule has 1 aliphatic heterocycles. The molecule has 5 rings (SSSR count). The van der Waals surface area contributed by atoms with Crippen LogP contribution in [0.4, 0.5) is 16.4 Å². The van der Waals surface area contributed by atoms with Crippen molar-refractivity contribution in [2.75, 3.05) is 22.1 Å². The molecule has 2 heterocycles.